The highest BCUT2D eigenvalue weighted by molar-refractivity contribution is 6.20. The number of rotatable bonds is 40. The van der Waals surface area contributed by atoms with E-state index < -0.39 is 0 Å². The van der Waals surface area contributed by atoms with Crippen molar-refractivity contribution in [2.75, 3.05) is 13.2 Å². The molecule has 0 heterocycles. The molecule has 0 aromatic heterocycles. The highest BCUT2D eigenvalue weighted by atomic mass is 35.5. The molecule has 5 heteroatoms. The molecule has 0 aromatic rings. The molecule has 0 aliphatic heterocycles. The van der Waals surface area contributed by atoms with Gasteiger partial charge in [0.2, 0.25) is 0 Å². The molecule has 0 saturated carbocycles. The molecule has 14 atom stereocenters. The summed E-state index contributed by atoms with van der Waals surface area (Å²) in [6, 6.07) is 0. The highest BCUT2D eigenvalue weighted by Gasteiger charge is 2.22. The van der Waals surface area contributed by atoms with E-state index in [1.807, 2.05) is 0 Å². The van der Waals surface area contributed by atoms with Crippen molar-refractivity contribution >= 4 is 23.2 Å². The van der Waals surface area contributed by atoms with Gasteiger partial charge in [0.05, 0.1) is 0 Å². The fraction of sp³-hybridized carbons (Fsp3) is 1.00. The van der Waals surface area contributed by atoms with Gasteiger partial charge in [0.1, 0.15) is 0 Å². The van der Waals surface area contributed by atoms with Crippen LogP contribution in [-0.2, 0) is 14.2 Å². The molecule has 344 valence electrons. The number of alkyl halides is 2. The number of unbranched alkanes of at least 4 members (excludes halogenated alkanes) is 4. The minimum absolute atomic E-state index is 0.170. The summed E-state index contributed by atoms with van der Waals surface area (Å²) < 4.78 is 19.7. The zero-order valence-corrected chi connectivity index (χ0v) is 42.5. The maximum Gasteiger partial charge on any atom is 0.160 e. The summed E-state index contributed by atoms with van der Waals surface area (Å²) in [6.07, 6.45) is 26.2. The van der Waals surface area contributed by atoms with E-state index in [1.54, 1.807) is 0 Å². The first kappa shape index (κ1) is 57.5. The van der Waals surface area contributed by atoms with E-state index in [4.69, 9.17) is 37.4 Å². The second-order valence-corrected chi connectivity index (χ2v) is 22.5. The van der Waals surface area contributed by atoms with E-state index in [0.29, 0.717) is 0 Å². The summed E-state index contributed by atoms with van der Waals surface area (Å²) in [6.45, 7) is 34.8. The third-order valence-corrected chi connectivity index (χ3v) is 12.9. The Balaban J connectivity index is 5.01. The third kappa shape index (κ3) is 35.7. The molecule has 0 fully saturated rings. The first-order chi connectivity index (χ1) is 26.9. The van der Waals surface area contributed by atoms with E-state index in [-0.39, 0.29) is 23.3 Å². The monoisotopic (exact) mass is 847 g/mol. The van der Waals surface area contributed by atoms with Gasteiger partial charge in [-0.3, -0.25) is 0 Å². The van der Waals surface area contributed by atoms with Crippen molar-refractivity contribution in [1.82, 2.24) is 0 Å². The molecule has 0 saturated heterocycles. The molecular weight excluding hydrogens is 743 g/mol. The summed E-state index contributed by atoms with van der Waals surface area (Å²) in [5.41, 5.74) is 0. The molecule has 0 radical (unpaired) electrons. The fourth-order valence-corrected chi connectivity index (χ4v) is 11.2. The minimum Gasteiger partial charge on any atom is -0.353 e. The van der Waals surface area contributed by atoms with Crippen LogP contribution < -0.4 is 0 Å². The van der Waals surface area contributed by atoms with Crippen molar-refractivity contribution < 1.29 is 14.2 Å². The minimum atomic E-state index is -0.170. The lowest BCUT2D eigenvalue weighted by molar-refractivity contribution is -0.250. The van der Waals surface area contributed by atoms with Gasteiger partial charge in [-0.05, 0) is 176 Å². The first-order valence-corrected chi connectivity index (χ1v) is 26.0. The van der Waals surface area contributed by atoms with Gasteiger partial charge in [-0.25, -0.2) is 0 Å². The lowest BCUT2D eigenvalue weighted by Gasteiger charge is -2.27. The SMILES string of the molecule is CCCCCOC(CCCC(C)CC(C)CC(C)CC(C)CC(C)CC(C)Cl)OC(CCCC(C)CC(C)CC(C)CC(C)CC(C)CC(C)Cl)OCCCCC. The Morgan fingerprint density at radius 1 is 0.316 bits per heavy atom. The van der Waals surface area contributed by atoms with Crippen LogP contribution in [0.5, 0.6) is 0 Å². The Morgan fingerprint density at radius 2 is 0.579 bits per heavy atom. The largest absolute Gasteiger partial charge is 0.353 e. The van der Waals surface area contributed by atoms with E-state index in [0.717, 1.165) is 124 Å². The van der Waals surface area contributed by atoms with Crippen LogP contribution in [0.4, 0.5) is 0 Å². The number of hydrogen-bond acceptors (Lipinski definition) is 3. The average Bonchev–Trinajstić information content (AvgIpc) is 3.06. The van der Waals surface area contributed by atoms with E-state index >= 15 is 0 Å². The van der Waals surface area contributed by atoms with Gasteiger partial charge in [-0.15, -0.1) is 23.2 Å². The maximum absolute atomic E-state index is 6.75. The predicted octanol–water partition coefficient (Wildman–Crippen LogP) is 17.9. The lowest BCUT2D eigenvalue weighted by atomic mass is 9.82. The highest BCUT2D eigenvalue weighted by Crippen LogP contribution is 2.31. The van der Waals surface area contributed by atoms with Crippen LogP contribution in [-0.4, -0.2) is 36.5 Å². The van der Waals surface area contributed by atoms with Crippen LogP contribution >= 0.6 is 23.2 Å². The van der Waals surface area contributed by atoms with Crippen LogP contribution in [0.1, 0.15) is 238 Å². The Morgan fingerprint density at radius 3 is 0.842 bits per heavy atom. The van der Waals surface area contributed by atoms with Crippen LogP contribution in [0.3, 0.4) is 0 Å². The quantitative estimate of drug-likeness (QED) is 0.0349. The molecular formula is C52H104Cl2O3. The van der Waals surface area contributed by atoms with Gasteiger partial charge in [0.15, 0.2) is 12.6 Å². The van der Waals surface area contributed by atoms with Crippen LogP contribution in [0, 0.1) is 59.2 Å². The molecule has 14 unspecified atom stereocenters. The van der Waals surface area contributed by atoms with Crippen LogP contribution in [0.15, 0.2) is 0 Å². The molecule has 0 aliphatic rings. The summed E-state index contributed by atoms with van der Waals surface area (Å²) in [4.78, 5) is 0. The van der Waals surface area contributed by atoms with Crippen LogP contribution in [0.25, 0.3) is 0 Å². The van der Waals surface area contributed by atoms with Gasteiger partial charge in [0, 0.05) is 24.0 Å². The van der Waals surface area contributed by atoms with Gasteiger partial charge in [0.25, 0.3) is 0 Å². The smallest absolute Gasteiger partial charge is 0.160 e. The second-order valence-electron chi connectivity index (χ2n) is 21.0. The van der Waals surface area contributed by atoms with Crippen molar-refractivity contribution in [3.63, 3.8) is 0 Å². The summed E-state index contributed by atoms with van der Waals surface area (Å²) in [7, 11) is 0. The van der Waals surface area contributed by atoms with Gasteiger partial charge < -0.3 is 14.2 Å². The van der Waals surface area contributed by atoms with E-state index in [2.05, 4.69) is 96.9 Å². The Labute approximate surface area is 369 Å². The van der Waals surface area contributed by atoms with Gasteiger partial charge >= 0.3 is 0 Å². The first-order valence-electron chi connectivity index (χ1n) is 25.1. The molecule has 57 heavy (non-hydrogen) atoms. The summed E-state index contributed by atoms with van der Waals surface area (Å²) >= 11 is 12.5. The zero-order chi connectivity index (χ0) is 43.2. The zero-order valence-electron chi connectivity index (χ0n) is 41.0. The van der Waals surface area contributed by atoms with Crippen molar-refractivity contribution in [3.8, 4) is 0 Å². The molecule has 0 bridgehead atoms. The number of ether oxygens (including phenoxy) is 3. The molecule has 0 aromatic carbocycles. The molecule has 3 nitrogen and oxygen atoms in total. The second kappa shape index (κ2) is 36.0. The molecule has 0 aliphatic carbocycles. The molecule has 0 spiro atoms. The number of hydrogen-bond donors (Lipinski definition) is 0. The van der Waals surface area contributed by atoms with Crippen molar-refractivity contribution in [2.45, 2.75) is 262 Å². The Hall–Kier alpha value is 0.460. The Bertz CT molecular complexity index is 800. The maximum atomic E-state index is 6.75. The average molecular weight is 848 g/mol. The molecule has 0 N–H and O–H groups in total. The topological polar surface area (TPSA) is 27.7 Å². The fourth-order valence-electron chi connectivity index (χ4n) is 10.6. The predicted molar refractivity (Wildman–Crippen MR) is 256 cm³/mol. The van der Waals surface area contributed by atoms with E-state index in [1.165, 1.54) is 89.9 Å². The van der Waals surface area contributed by atoms with Crippen LogP contribution in [0.2, 0.25) is 0 Å². The van der Waals surface area contributed by atoms with Crippen molar-refractivity contribution in [3.05, 3.63) is 0 Å². The van der Waals surface area contributed by atoms with Gasteiger partial charge in [-0.1, -0.05) is 122 Å². The third-order valence-electron chi connectivity index (χ3n) is 12.6. The number of halogens is 2. The normalized spacial score (nSPS) is 19.8. The van der Waals surface area contributed by atoms with Crippen molar-refractivity contribution in [1.29, 1.82) is 0 Å². The lowest BCUT2D eigenvalue weighted by Crippen LogP contribution is -2.28. The summed E-state index contributed by atoms with van der Waals surface area (Å²) in [5.74, 6) is 7.53. The standard InChI is InChI=1S/C52H104Cl2O3/c1-15-17-19-27-55-51(25-21-23-39(3)29-41(5)31-43(7)33-45(9)35-47(11)37-49(13)53)57-52(56-28-20-18-16-2)26-22-24-40(4)30-42(6)32-44(8)34-46(10)36-48(12)38-50(14)54/h39-52H,15-38H2,1-14H3. The Kier molecular flexibility index (Phi) is 36.3. The van der Waals surface area contributed by atoms with Gasteiger partial charge in [-0.2, -0.15) is 0 Å². The van der Waals surface area contributed by atoms with Crippen molar-refractivity contribution in [2.24, 2.45) is 59.2 Å². The molecule has 0 rings (SSSR count). The van der Waals surface area contributed by atoms with E-state index in [9.17, 15) is 0 Å². The molecule has 0 amide bonds. The summed E-state index contributed by atoms with van der Waals surface area (Å²) in [5, 5.41) is 0.570.